The van der Waals surface area contributed by atoms with Crippen LogP contribution in [0.4, 0.5) is 4.79 Å². The number of hydrazine groups is 1. The summed E-state index contributed by atoms with van der Waals surface area (Å²) in [7, 11) is 0. The Balaban J connectivity index is 2.62. The van der Waals surface area contributed by atoms with Crippen LogP contribution in [0.3, 0.4) is 0 Å². The van der Waals surface area contributed by atoms with Crippen molar-refractivity contribution in [2.24, 2.45) is 5.84 Å². The van der Waals surface area contributed by atoms with E-state index < -0.39 is 0 Å². The number of nitrogens with one attached hydrogen (secondary N) is 1. The zero-order valence-electron chi connectivity index (χ0n) is 8.23. The zero-order valence-corrected chi connectivity index (χ0v) is 8.23. The van der Waals surface area contributed by atoms with Gasteiger partial charge in [0, 0.05) is 13.1 Å². The molecule has 0 unspecified atom stereocenters. The van der Waals surface area contributed by atoms with Crippen molar-refractivity contribution in [1.82, 2.24) is 10.3 Å². The van der Waals surface area contributed by atoms with Crippen molar-refractivity contribution in [2.45, 2.75) is 13.5 Å². The van der Waals surface area contributed by atoms with Gasteiger partial charge in [-0.1, -0.05) is 30.3 Å². The number of hydrogen-bond acceptors (Lipinski definition) is 2. The van der Waals surface area contributed by atoms with Crippen molar-refractivity contribution in [3.8, 4) is 0 Å². The van der Waals surface area contributed by atoms with Gasteiger partial charge in [-0.25, -0.2) is 10.6 Å². The van der Waals surface area contributed by atoms with Gasteiger partial charge in [0.05, 0.1) is 0 Å². The van der Waals surface area contributed by atoms with Crippen LogP contribution in [0.2, 0.25) is 0 Å². The Kier molecular flexibility index (Phi) is 3.94. The third-order valence-electron chi connectivity index (χ3n) is 2.01. The van der Waals surface area contributed by atoms with E-state index in [0.717, 1.165) is 5.56 Å². The molecule has 0 aliphatic rings. The summed E-state index contributed by atoms with van der Waals surface area (Å²) in [6.45, 7) is 3.14. The second kappa shape index (κ2) is 5.24. The number of amides is 2. The Bertz CT molecular complexity index is 287. The lowest BCUT2D eigenvalue weighted by Crippen LogP contribution is -2.42. The number of nitrogens with zero attached hydrogens (tertiary/aromatic N) is 1. The van der Waals surface area contributed by atoms with Crippen LogP contribution in [0.1, 0.15) is 12.5 Å². The highest BCUT2D eigenvalue weighted by molar-refractivity contribution is 5.73. The third kappa shape index (κ3) is 2.74. The maximum absolute atomic E-state index is 11.2. The molecule has 1 rings (SSSR count). The molecule has 0 aromatic heterocycles. The summed E-state index contributed by atoms with van der Waals surface area (Å²) in [5.41, 5.74) is 3.22. The molecule has 0 fully saturated rings. The van der Waals surface area contributed by atoms with E-state index in [1.165, 1.54) is 0 Å². The van der Waals surface area contributed by atoms with Gasteiger partial charge in [0.25, 0.3) is 0 Å². The van der Waals surface area contributed by atoms with Gasteiger partial charge in [-0.3, -0.25) is 5.43 Å². The van der Waals surface area contributed by atoms with E-state index in [4.69, 9.17) is 5.84 Å². The van der Waals surface area contributed by atoms with Crippen molar-refractivity contribution >= 4 is 6.03 Å². The van der Waals surface area contributed by atoms with Crippen LogP contribution in [-0.2, 0) is 6.54 Å². The number of nitrogens with two attached hydrogens (primary N) is 1. The van der Waals surface area contributed by atoms with Crippen molar-refractivity contribution in [3.05, 3.63) is 35.9 Å². The van der Waals surface area contributed by atoms with Gasteiger partial charge in [0.2, 0.25) is 0 Å². The molecule has 0 aliphatic heterocycles. The number of carbonyl (C=O) groups is 1. The normalized spacial score (nSPS) is 9.57. The fourth-order valence-corrected chi connectivity index (χ4v) is 1.22. The molecule has 1 aromatic rings. The largest absolute Gasteiger partial charge is 0.331 e. The molecule has 14 heavy (non-hydrogen) atoms. The highest BCUT2D eigenvalue weighted by Crippen LogP contribution is 2.03. The Labute approximate surface area is 83.7 Å². The molecule has 0 bridgehead atoms. The van der Waals surface area contributed by atoms with Crippen LogP contribution in [0.5, 0.6) is 0 Å². The Morgan fingerprint density at radius 2 is 2.07 bits per heavy atom. The summed E-state index contributed by atoms with van der Waals surface area (Å²) < 4.78 is 0. The maximum atomic E-state index is 11.2. The minimum Gasteiger partial charge on any atom is -0.320 e. The number of carbonyl (C=O) groups excluding carboxylic acids is 1. The molecule has 4 heteroatoms. The molecule has 4 nitrogen and oxygen atoms in total. The number of urea groups is 1. The molecular weight excluding hydrogens is 178 g/mol. The van der Waals surface area contributed by atoms with E-state index in [-0.39, 0.29) is 6.03 Å². The van der Waals surface area contributed by atoms with Crippen molar-refractivity contribution in [2.75, 3.05) is 6.54 Å². The number of rotatable bonds is 3. The minimum absolute atomic E-state index is 0.253. The topological polar surface area (TPSA) is 58.4 Å². The highest BCUT2D eigenvalue weighted by Gasteiger charge is 2.09. The van der Waals surface area contributed by atoms with Gasteiger partial charge in [-0.15, -0.1) is 0 Å². The van der Waals surface area contributed by atoms with Crippen LogP contribution in [0.15, 0.2) is 30.3 Å². The first-order valence-electron chi connectivity index (χ1n) is 4.57. The Morgan fingerprint density at radius 1 is 1.43 bits per heavy atom. The van der Waals surface area contributed by atoms with Crippen LogP contribution in [-0.4, -0.2) is 17.5 Å². The first-order valence-corrected chi connectivity index (χ1v) is 4.57. The number of hydrogen-bond donors (Lipinski definition) is 2. The molecule has 3 N–H and O–H groups in total. The molecule has 0 aliphatic carbocycles. The Morgan fingerprint density at radius 3 is 2.57 bits per heavy atom. The smallest absolute Gasteiger partial charge is 0.320 e. The molecule has 76 valence electrons. The predicted molar refractivity (Wildman–Crippen MR) is 55.2 cm³/mol. The van der Waals surface area contributed by atoms with Gasteiger partial charge >= 0.3 is 6.03 Å². The van der Waals surface area contributed by atoms with E-state index in [1.807, 2.05) is 37.3 Å². The van der Waals surface area contributed by atoms with Crippen LogP contribution < -0.4 is 11.3 Å². The van der Waals surface area contributed by atoms with E-state index in [0.29, 0.717) is 13.1 Å². The van der Waals surface area contributed by atoms with Gasteiger partial charge < -0.3 is 4.90 Å². The predicted octanol–water partition coefficient (Wildman–Crippen LogP) is 1.09. The SMILES string of the molecule is CCN(Cc1ccccc1)C(=O)NN. The van der Waals surface area contributed by atoms with Gasteiger partial charge in [-0.2, -0.15) is 0 Å². The van der Waals surface area contributed by atoms with Crippen molar-refractivity contribution in [1.29, 1.82) is 0 Å². The van der Waals surface area contributed by atoms with Gasteiger partial charge in [0.1, 0.15) is 0 Å². The third-order valence-corrected chi connectivity index (χ3v) is 2.01. The summed E-state index contributed by atoms with van der Waals surface area (Å²) >= 11 is 0. The molecule has 0 heterocycles. The maximum Gasteiger partial charge on any atom is 0.331 e. The molecule has 0 saturated heterocycles. The fraction of sp³-hybridized carbons (Fsp3) is 0.300. The average Bonchev–Trinajstić information content (AvgIpc) is 2.26. The second-order valence-corrected chi connectivity index (χ2v) is 2.95. The molecule has 0 radical (unpaired) electrons. The molecule has 1 aromatic carbocycles. The summed E-state index contributed by atoms with van der Waals surface area (Å²) in [6, 6.07) is 9.55. The summed E-state index contributed by atoms with van der Waals surface area (Å²) in [5.74, 6) is 5.06. The molecule has 2 amide bonds. The highest BCUT2D eigenvalue weighted by atomic mass is 16.2. The van der Waals surface area contributed by atoms with Gasteiger partial charge in [0.15, 0.2) is 0 Å². The lowest BCUT2D eigenvalue weighted by atomic mass is 10.2. The molecule has 0 saturated carbocycles. The standard InChI is InChI=1S/C10H15N3O/c1-2-13(10(14)12-11)8-9-6-4-3-5-7-9/h3-7H,2,8,11H2,1H3,(H,12,14). The van der Waals surface area contributed by atoms with Crippen molar-refractivity contribution < 1.29 is 4.79 Å². The lowest BCUT2D eigenvalue weighted by molar-refractivity contribution is 0.198. The fourth-order valence-electron chi connectivity index (χ4n) is 1.22. The van der Waals surface area contributed by atoms with Gasteiger partial charge in [-0.05, 0) is 12.5 Å². The minimum atomic E-state index is -0.253. The second-order valence-electron chi connectivity index (χ2n) is 2.95. The zero-order chi connectivity index (χ0) is 10.4. The summed E-state index contributed by atoms with van der Waals surface area (Å²) in [5, 5.41) is 0. The Hall–Kier alpha value is -1.55. The van der Waals surface area contributed by atoms with Crippen molar-refractivity contribution in [3.63, 3.8) is 0 Å². The molecule has 0 atom stereocenters. The monoisotopic (exact) mass is 193 g/mol. The van der Waals surface area contributed by atoms with E-state index in [9.17, 15) is 4.79 Å². The quantitative estimate of drug-likeness (QED) is 0.429. The summed E-state index contributed by atoms with van der Waals surface area (Å²) in [6.07, 6.45) is 0. The molecule has 0 spiro atoms. The van der Waals surface area contributed by atoms with Crippen LogP contribution in [0, 0.1) is 0 Å². The van der Waals surface area contributed by atoms with Crippen LogP contribution in [0.25, 0.3) is 0 Å². The number of benzene rings is 1. The first kappa shape index (κ1) is 10.5. The lowest BCUT2D eigenvalue weighted by Gasteiger charge is -2.19. The van der Waals surface area contributed by atoms with E-state index >= 15 is 0 Å². The molecular formula is C10H15N3O. The first-order chi connectivity index (χ1) is 6.77. The van der Waals surface area contributed by atoms with E-state index in [2.05, 4.69) is 5.43 Å². The average molecular weight is 193 g/mol. The summed E-state index contributed by atoms with van der Waals surface area (Å²) in [4.78, 5) is 12.9. The van der Waals surface area contributed by atoms with Crippen LogP contribution >= 0.6 is 0 Å². The van der Waals surface area contributed by atoms with E-state index in [1.54, 1.807) is 4.90 Å².